The van der Waals surface area contributed by atoms with Gasteiger partial charge in [-0.15, -0.1) is 0 Å². The highest BCUT2D eigenvalue weighted by Gasteiger charge is 2.75. The van der Waals surface area contributed by atoms with E-state index in [0.717, 1.165) is 17.8 Å². The molecule has 0 aromatic rings. The Morgan fingerprint density at radius 2 is 1.96 bits per heavy atom. The van der Waals surface area contributed by atoms with Crippen molar-refractivity contribution >= 4 is 25.5 Å². The molecular formula is C16H29NO5SSi. The summed E-state index contributed by atoms with van der Waals surface area (Å²) in [5.41, 5.74) is -1.38. The first-order valence-corrected chi connectivity index (χ1v) is 12.3. The highest BCUT2D eigenvalue weighted by Crippen LogP contribution is 2.57. The first-order valence-electron chi connectivity index (χ1n) is 8.49. The fourth-order valence-corrected chi connectivity index (χ4v) is 6.43. The Kier molecular flexibility index (Phi) is 4.87. The Bertz CT molecular complexity index is 515. The number of hydrogen-bond acceptors (Lipinski definition) is 6. The van der Waals surface area contributed by atoms with Crippen molar-refractivity contribution in [2.24, 2.45) is 0 Å². The lowest BCUT2D eigenvalue weighted by Crippen LogP contribution is -2.70. The van der Waals surface area contributed by atoms with Crippen LogP contribution in [0.5, 0.6) is 0 Å². The van der Waals surface area contributed by atoms with Gasteiger partial charge in [-0.3, -0.25) is 0 Å². The summed E-state index contributed by atoms with van der Waals surface area (Å²) in [5, 5.41) is 0. The molecule has 5 atom stereocenters. The van der Waals surface area contributed by atoms with Crippen LogP contribution in [0.25, 0.3) is 0 Å². The fraction of sp³-hybridized carbons (Fsp3) is 0.938. The quantitative estimate of drug-likeness (QED) is 0.521. The van der Waals surface area contributed by atoms with Crippen molar-refractivity contribution in [2.75, 3.05) is 27.9 Å². The van der Waals surface area contributed by atoms with Gasteiger partial charge >= 0.3 is 0 Å². The number of nitrogens with zero attached hydrogens (tertiary/aromatic N) is 1. The lowest BCUT2D eigenvalue weighted by Gasteiger charge is -2.50. The maximum Gasteiger partial charge on any atom is 0.187 e. The van der Waals surface area contributed by atoms with Crippen molar-refractivity contribution in [3.05, 3.63) is 0 Å². The Morgan fingerprint density at radius 1 is 1.25 bits per heavy atom. The molecule has 0 unspecified atom stereocenters. The number of ether oxygens (including phenoxy) is 4. The Balaban J connectivity index is 2.15. The molecule has 138 valence electrons. The van der Waals surface area contributed by atoms with E-state index < -0.39 is 19.6 Å². The third-order valence-corrected chi connectivity index (χ3v) is 6.60. The maximum absolute atomic E-state index is 6.81. The molecular weight excluding hydrogens is 346 g/mol. The van der Waals surface area contributed by atoms with Crippen LogP contribution in [0.4, 0.5) is 0 Å². The van der Waals surface area contributed by atoms with Gasteiger partial charge in [0.2, 0.25) is 0 Å². The van der Waals surface area contributed by atoms with Crippen LogP contribution >= 0.6 is 12.2 Å². The molecule has 0 N–H and O–H groups in total. The molecule has 8 heteroatoms. The molecule has 0 aliphatic carbocycles. The molecule has 3 aliphatic rings. The molecule has 3 rings (SSSR count). The van der Waals surface area contributed by atoms with Crippen LogP contribution < -0.4 is 0 Å². The van der Waals surface area contributed by atoms with Crippen LogP contribution in [-0.2, 0) is 23.4 Å². The SMILES string of the molecule is COC[C@@]12O[C@@H](C[C@@H](OC)[C@@H]1OC)N1C(=S)CC[C@@]12O[Si](C)(C)C. The maximum atomic E-state index is 6.81. The average molecular weight is 376 g/mol. The van der Waals surface area contributed by atoms with Crippen LogP contribution in [0.2, 0.25) is 19.6 Å². The molecule has 3 fully saturated rings. The first-order chi connectivity index (χ1) is 11.2. The van der Waals surface area contributed by atoms with E-state index in [1.54, 1.807) is 21.3 Å². The van der Waals surface area contributed by atoms with Crippen LogP contribution in [0.1, 0.15) is 19.3 Å². The molecule has 3 aliphatic heterocycles. The molecule has 0 radical (unpaired) electrons. The van der Waals surface area contributed by atoms with Crippen molar-refractivity contribution in [1.82, 2.24) is 4.90 Å². The standard InChI is InChI=1S/C16H29NO5SSi/c1-18-10-15-14(20-3)11(19-2)9-12(21-15)17-13(23)7-8-16(15,17)22-24(4,5)6/h11-12,14H,7-10H2,1-6H3/t11-,12+,14+,15-,16+/m1/s1. The van der Waals surface area contributed by atoms with E-state index in [0.29, 0.717) is 13.0 Å². The van der Waals surface area contributed by atoms with Gasteiger partial charge in [0.15, 0.2) is 19.6 Å². The summed E-state index contributed by atoms with van der Waals surface area (Å²) in [6.07, 6.45) is 1.83. The van der Waals surface area contributed by atoms with Gasteiger partial charge in [0, 0.05) is 40.6 Å². The smallest absolute Gasteiger partial charge is 0.187 e. The second kappa shape index (κ2) is 6.26. The lowest BCUT2D eigenvalue weighted by atomic mass is 9.81. The van der Waals surface area contributed by atoms with Gasteiger partial charge in [-0.05, 0) is 19.6 Å². The zero-order valence-electron chi connectivity index (χ0n) is 15.5. The summed E-state index contributed by atoms with van der Waals surface area (Å²) in [5.74, 6) is 0. The lowest BCUT2D eigenvalue weighted by molar-refractivity contribution is -0.262. The Labute approximate surface area is 150 Å². The molecule has 3 saturated heterocycles. The van der Waals surface area contributed by atoms with E-state index in [9.17, 15) is 0 Å². The highest BCUT2D eigenvalue weighted by molar-refractivity contribution is 7.80. The molecule has 3 heterocycles. The number of rotatable bonds is 6. The summed E-state index contributed by atoms with van der Waals surface area (Å²) in [6, 6.07) is 0. The zero-order chi connectivity index (χ0) is 17.8. The minimum absolute atomic E-state index is 0.0839. The summed E-state index contributed by atoms with van der Waals surface area (Å²) < 4.78 is 30.6. The van der Waals surface area contributed by atoms with Crippen LogP contribution in [0.3, 0.4) is 0 Å². The summed E-state index contributed by atoms with van der Waals surface area (Å²) in [6.45, 7) is 6.96. The van der Waals surface area contributed by atoms with Gasteiger partial charge in [-0.1, -0.05) is 12.2 Å². The Hall–Kier alpha value is -0.0931. The van der Waals surface area contributed by atoms with E-state index in [4.69, 9.17) is 35.6 Å². The van der Waals surface area contributed by atoms with Gasteiger partial charge < -0.3 is 28.3 Å². The third-order valence-electron chi connectivity index (χ3n) is 5.25. The number of fused-ring (bicyclic) bond motifs is 5. The Morgan fingerprint density at radius 3 is 2.50 bits per heavy atom. The first kappa shape index (κ1) is 18.7. The van der Waals surface area contributed by atoms with E-state index >= 15 is 0 Å². The summed E-state index contributed by atoms with van der Waals surface area (Å²) >= 11 is 5.68. The molecule has 2 bridgehead atoms. The minimum Gasteiger partial charge on any atom is -0.393 e. The van der Waals surface area contributed by atoms with Gasteiger partial charge in [0.25, 0.3) is 0 Å². The van der Waals surface area contributed by atoms with Crippen LogP contribution in [0, 0.1) is 0 Å². The van der Waals surface area contributed by atoms with E-state index in [1.807, 2.05) is 0 Å². The normalized spacial score (nSPS) is 41.8. The number of methoxy groups -OCH3 is 3. The van der Waals surface area contributed by atoms with Crippen molar-refractivity contribution in [1.29, 1.82) is 0 Å². The molecule has 0 aromatic heterocycles. The largest absolute Gasteiger partial charge is 0.393 e. The highest BCUT2D eigenvalue weighted by atomic mass is 32.1. The second-order valence-electron chi connectivity index (χ2n) is 7.82. The molecule has 0 amide bonds. The zero-order valence-corrected chi connectivity index (χ0v) is 17.3. The molecule has 0 aromatic carbocycles. The predicted molar refractivity (Wildman–Crippen MR) is 96.5 cm³/mol. The molecule has 6 nitrogen and oxygen atoms in total. The minimum atomic E-state index is -1.89. The second-order valence-corrected chi connectivity index (χ2v) is 12.7. The summed E-state index contributed by atoms with van der Waals surface area (Å²) in [4.78, 5) is 3.09. The van der Waals surface area contributed by atoms with E-state index in [1.165, 1.54) is 0 Å². The van der Waals surface area contributed by atoms with Crippen LogP contribution in [-0.4, -0.2) is 75.9 Å². The average Bonchev–Trinajstić information content (AvgIpc) is 2.91. The topological polar surface area (TPSA) is 49.4 Å². The fourth-order valence-electron chi connectivity index (χ4n) is 4.68. The molecule has 0 spiro atoms. The van der Waals surface area contributed by atoms with Gasteiger partial charge in [0.1, 0.15) is 12.3 Å². The summed E-state index contributed by atoms with van der Waals surface area (Å²) in [7, 11) is 3.22. The third kappa shape index (κ3) is 2.50. The van der Waals surface area contributed by atoms with Gasteiger partial charge in [-0.25, -0.2) is 0 Å². The van der Waals surface area contributed by atoms with Crippen molar-refractivity contribution < 1.29 is 23.4 Å². The molecule has 24 heavy (non-hydrogen) atoms. The van der Waals surface area contributed by atoms with Crippen molar-refractivity contribution in [2.45, 2.75) is 68.7 Å². The van der Waals surface area contributed by atoms with Crippen molar-refractivity contribution in [3.8, 4) is 0 Å². The monoisotopic (exact) mass is 375 g/mol. The van der Waals surface area contributed by atoms with E-state index in [-0.39, 0.29) is 18.4 Å². The predicted octanol–water partition coefficient (Wildman–Crippen LogP) is 2.13. The van der Waals surface area contributed by atoms with Crippen molar-refractivity contribution in [3.63, 3.8) is 0 Å². The number of hydrogen-bond donors (Lipinski definition) is 0. The van der Waals surface area contributed by atoms with E-state index in [2.05, 4.69) is 24.5 Å². The molecule has 0 saturated carbocycles. The van der Waals surface area contributed by atoms with Gasteiger partial charge in [0.05, 0.1) is 17.7 Å². The number of thiocarbonyl (C=S) groups is 1. The van der Waals surface area contributed by atoms with Crippen LogP contribution in [0.15, 0.2) is 0 Å². The van der Waals surface area contributed by atoms with Gasteiger partial charge in [-0.2, -0.15) is 0 Å².